The van der Waals surface area contributed by atoms with Gasteiger partial charge in [0.05, 0.1) is 5.56 Å². The predicted octanol–water partition coefficient (Wildman–Crippen LogP) is 3.45. The second-order valence-electron chi connectivity index (χ2n) is 4.04. The Bertz CT molecular complexity index is 564. The molecule has 2 aromatic carbocycles. The molecule has 0 fully saturated rings. The molecule has 0 unspecified atom stereocenters. The minimum absolute atomic E-state index is 0.355. The fourth-order valence-corrected chi connectivity index (χ4v) is 2.34. The SMILES string of the molecule is O=Cc1ccc(C(=O)OCCSc2ccccc2)cc1. The molecule has 0 heterocycles. The first-order chi connectivity index (χ1) is 9.79. The lowest BCUT2D eigenvalue weighted by molar-refractivity contribution is 0.0530. The van der Waals surface area contributed by atoms with Crippen LogP contribution in [0.3, 0.4) is 0 Å². The van der Waals surface area contributed by atoms with Crippen molar-refractivity contribution in [3.63, 3.8) is 0 Å². The van der Waals surface area contributed by atoms with Crippen molar-refractivity contribution in [3.8, 4) is 0 Å². The van der Waals surface area contributed by atoms with Gasteiger partial charge in [0.1, 0.15) is 12.9 Å². The molecule has 0 amide bonds. The quantitative estimate of drug-likeness (QED) is 0.353. The van der Waals surface area contributed by atoms with E-state index in [0.717, 1.165) is 11.2 Å². The van der Waals surface area contributed by atoms with Crippen LogP contribution >= 0.6 is 11.8 Å². The smallest absolute Gasteiger partial charge is 0.338 e. The zero-order valence-electron chi connectivity index (χ0n) is 10.8. The van der Waals surface area contributed by atoms with E-state index in [1.807, 2.05) is 30.3 Å². The highest BCUT2D eigenvalue weighted by Crippen LogP contribution is 2.16. The van der Waals surface area contributed by atoms with E-state index < -0.39 is 0 Å². The highest BCUT2D eigenvalue weighted by atomic mass is 32.2. The van der Waals surface area contributed by atoms with Crippen LogP contribution in [0.2, 0.25) is 0 Å². The average Bonchev–Trinajstić information content (AvgIpc) is 2.52. The molecule has 0 bridgehead atoms. The molecular weight excluding hydrogens is 272 g/mol. The molecule has 0 radical (unpaired) electrons. The van der Waals surface area contributed by atoms with E-state index in [0.29, 0.717) is 23.5 Å². The maximum Gasteiger partial charge on any atom is 0.338 e. The molecule has 0 saturated carbocycles. The van der Waals surface area contributed by atoms with Gasteiger partial charge in [-0.25, -0.2) is 4.79 Å². The van der Waals surface area contributed by atoms with Gasteiger partial charge in [0, 0.05) is 16.2 Å². The second-order valence-corrected chi connectivity index (χ2v) is 5.21. The van der Waals surface area contributed by atoms with Gasteiger partial charge < -0.3 is 4.74 Å². The maximum absolute atomic E-state index is 11.7. The minimum atomic E-state index is -0.365. The van der Waals surface area contributed by atoms with Gasteiger partial charge in [0.25, 0.3) is 0 Å². The molecule has 4 heteroatoms. The van der Waals surface area contributed by atoms with E-state index in [1.165, 1.54) is 0 Å². The summed E-state index contributed by atoms with van der Waals surface area (Å²) in [5.41, 5.74) is 1.00. The van der Waals surface area contributed by atoms with E-state index in [1.54, 1.807) is 36.0 Å². The van der Waals surface area contributed by atoms with Gasteiger partial charge in [-0.3, -0.25) is 4.79 Å². The van der Waals surface area contributed by atoms with Crippen LogP contribution in [0.25, 0.3) is 0 Å². The molecule has 2 aromatic rings. The molecule has 20 heavy (non-hydrogen) atoms. The third-order valence-electron chi connectivity index (χ3n) is 2.61. The molecule has 0 aromatic heterocycles. The monoisotopic (exact) mass is 286 g/mol. The number of rotatable bonds is 6. The first-order valence-electron chi connectivity index (χ1n) is 6.20. The standard InChI is InChI=1S/C16H14O3S/c17-12-13-6-8-14(9-7-13)16(18)19-10-11-20-15-4-2-1-3-5-15/h1-9,12H,10-11H2. The van der Waals surface area contributed by atoms with Gasteiger partial charge in [-0.1, -0.05) is 30.3 Å². The lowest BCUT2D eigenvalue weighted by atomic mass is 10.1. The third kappa shape index (κ3) is 4.24. The first kappa shape index (κ1) is 14.3. The van der Waals surface area contributed by atoms with E-state index in [4.69, 9.17) is 4.74 Å². The molecule has 2 rings (SSSR count). The van der Waals surface area contributed by atoms with Crippen LogP contribution in [0.15, 0.2) is 59.5 Å². The van der Waals surface area contributed by atoms with Gasteiger partial charge in [-0.15, -0.1) is 11.8 Å². The first-order valence-corrected chi connectivity index (χ1v) is 7.18. The molecule has 0 saturated heterocycles. The van der Waals surface area contributed by atoms with Crippen LogP contribution in [0, 0.1) is 0 Å². The third-order valence-corrected chi connectivity index (χ3v) is 3.59. The van der Waals surface area contributed by atoms with Gasteiger partial charge in [0.15, 0.2) is 0 Å². The molecule has 0 N–H and O–H groups in total. The average molecular weight is 286 g/mol. The number of hydrogen-bond acceptors (Lipinski definition) is 4. The summed E-state index contributed by atoms with van der Waals surface area (Å²) in [6, 6.07) is 16.3. The number of carbonyl (C=O) groups is 2. The van der Waals surface area contributed by atoms with Crippen molar-refractivity contribution < 1.29 is 14.3 Å². The van der Waals surface area contributed by atoms with Crippen molar-refractivity contribution in [1.29, 1.82) is 0 Å². The summed E-state index contributed by atoms with van der Waals surface area (Å²) in [5.74, 6) is 0.346. The van der Waals surface area contributed by atoms with Crippen molar-refractivity contribution >= 4 is 24.0 Å². The largest absolute Gasteiger partial charge is 0.461 e. The van der Waals surface area contributed by atoms with Crippen LogP contribution in [0.1, 0.15) is 20.7 Å². The van der Waals surface area contributed by atoms with Crippen molar-refractivity contribution in [2.45, 2.75) is 4.90 Å². The summed E-state index contributed by atoms with van der Waals surface area (Å²) in [6.45, 7) is 0.355. The zero-order chi connectivity index (χ0) is 14.2. The Kier molecular flexibility index (Phi) is 5.38. The number of esters is 1. The summed E-state index contributed by atoms with van der Waals surface area (Å²) in [5, 5.41) is 0. The summed E-state index contributed by atoms with van der Waals surface area (Å²) in [7, 11) is 0. The Morgan fingerprint density at radius 3 is 2.40 bits per heavy atom. The van der Waals surface area contributed by atoms with E-state index in [2.05, 4.69) is 0 Å². The molecule has 0 atom stereocenters. The maximum atomic E-state index is 11.7. The topological polar surface area (TPSA) is 43.4 Å². The lowest BCUT2D eigenvalue weighted by Crippen LogP contribution is -2.07. The van der Waals surface area contributed by atoms with Gasteiger partial charge in [-0.2, -0.15) is 0 Å². The summed E-state index contributed by atoms with van der Waals surface area (Å²) in [4.78, 5) is 23.4. The molecule has 0 aliphatic rings. The number of ether oxygens (including phenoxy) is 1. The van der Waals surface area contributed by atoms with Crippen molar-refractivity contribution in [1.82, 2.24) is 0 Å². The van der Waals surface area contributed by atoms with E-state index in [-0.39, 0.29) is 5.97 Å². The zero-order valence-corrected chi connectivity index (χ0v) is 11.6. The van der Waals surface area contributed by atoms with Crippen LogP contribution in [-0.2, 0) is 4.74 Å². The van der Waals surface area contributed by atoms with Crippen LogP contribution in [0.5, 0.6) is 0 Å². The van der Waals surface area contributed by atoms with Gasteiger partial charge in [-0.05, 0) is 24.3 Å². The van der Waals surface area contributed by atoms with Crippen molar-refractivity contribution in [2.24, 2.45) is 0 Å². The van der Waals surface area contributed by atoms with Crippen LogP contribution < -0.4 is 0 Å². The Morgan fingerprint density at radius 1 is 1.05 bits per heavy atom. The van der Waals surface area contributed by atoms with E-state index >= 15 is 0 Å². The molecule has 0 aliphatic heterocycles. The fraction of sp³-hybridized carbons (Fsp3) is 0.125. The van der Waals surface area contributed by atoms with E-state index in [9.17, 15) is 9.59 Å². The number of benzene rings is 2. The minimum Gasteiger partial charge on any atom is -0.461 e. The lowest BCUT2D eigenvalue weighted by Gasteiger charge is -2.05. The molecule has 102 valence electrons. The van der Waals surface area contributed by atoms with Crippen LogP contribution in [0.4, 0.5) is 0 Å². The fourth-order valence-electron chi connectivity index (χ4n) is 1.59. The summed E-state index contributed by atoms with van der Waals surface area (Å²) < 4.78 is 5.18. The van der Waals surface area contributed by atoms with Gasteiger partial charge >= 0.3 is 5.97 Å². The number of thioether (sulfide) groups is 1. The Morgan fingerprint density at radius 2 is 1.75 bits per heavy atom. The molecular formula is C16H14O3S. The van der Waals surface area contributed by atoms with Crippen molar-refractivity contribution in [3.05, 3.63) is 65.7 Å². The van der Waals surface area contributed by atoms with Crippen LogP contribution in [-0.4, -0.2) is 24.6 Å². The van der Waals surface area contributed by atoms with Crippen molar-refractivity contribution in [2.75, 3.05) is 12.4 Å². The number of carbonyl (C=O) groups excluding carboxylic acids is 2. The Balaban J connectivity index is 1.76. The Labute approximate surface area is 122 Å². The molecule has 0 aliphatic carbocycles. The Hall–Kier alpha value is -2.07. The second kappa shape index (κ2) is 7.50. The predicted molar refractivity (Wildman–Crippen MR) is 79.3 cm³/mol. The highest BCUT2D eigenvalue weighted by Gasteiger charge is 2.06. The summed E-state index contributed by atoms with van der Waals surface area (Å²) in [6.07, 6.45) is 0.742. The summed E-state index contributed by atoms with van der Waals surface area (Å²) >= 11 is 1.64. The molecule has 0 spiro atoms. The molecule has 3 nitrogen and oxygen atoms in total. The highest BCUT2D eigenvalue weighted by molar-refractivity contribution is 7.99. The number of aldehydes is 1. The normalized spacial score (nSPS) is 10.0. The van der Waals surface area contributed by atoms with Gasteiger partial charge in [0.2, 0.25) is 0 Å². The number of hydrogen-bond donors (Lipinski definition) is 0.